The Morgan fingerprint density at radius 1 is 1.17 bits per heavy atom. The number of nitrogens with one attached hydrogen (secondary N) is 2. The second-order valence-corrected chi connectivity index (χ2v) is 8.52. The molecule has 5 nitrogen and oxygen atoms in total. The number of thioether (sulfide) groups is 2. The number of aromatic amines is 1. The number of carbonyl (C=O) groups is 1. The zero-order chi connectivity index (χ0) is 20.2. The van der Waals surface area contributed by atoms with Crippen molar-refractivity contribution in [1.29, 1.82) is 0 Å². The Morgan fingerprint density at radius 3 is 2.76 bits per heavy atom. The van der Waals surface area contributed by atoms with Crippen molar-refractivity contribution in [2.75, 3.05) is 0 Å². The molecule has 4 rings (SSSR count). The van der Waals surface area contributed by atoms with Gasteiger partial charge in [-0.25, -0.2) is 0 Å². The van der Waals surface area contributed by atoms with E-state index in [1.807, 2.05) is 30.5 Å². The summed E-state index contributed by atoms with van der Waals surface area (Å²) >= 11 is 1.82. The van der Waals surface area contributed by atoms with Crippen LogP contribution in [0.15, 0.2) is 69.8 Å². The molecule has 1 fully saturated rings. The molecule has 9 heteroatoms. The molecule has 1 atom stereocenters. The van der Waals surface area contributed by atoms with Crippen LogP contribution < -0.4 is 5.32 Å². The smallest absolute Gasteiger partial charge is 0.288 e. The molecule has 148 valence electrons. The number of hydrogen-bond donors (Lipinski definition) is 2. The van der Waals surface area contributed by atoms with Crippen LogP contribution in [0, 0.1) is 0 Å². The largest absolute Gasteiger partial charge is 0.361 e. The summed E-state index contributed by atoms with van der Waals surface area (Å²) in [6.45, 7) is 0. The Bertz CT molecular complexity index is 1080. The van der Waals surface area contributed by atoms with Gasteiger partial charge in [-0.3, -0.25) is 4.79 Å². The molecule has 1 aliphatic heterocycles. The topological polar surface area (TPSA) is 69.6 Å². The van der Waals surface area contributed by atoms with Crippen LogP contribution in [0.2, 0.25) is 0 Å². The van der Waals surface area contributed by atoms with Crippen LogP contribution in [0.5, 0.6) is 0 Å². The van der Waals surface area contributed by atoms with E-state index in [1.165, 1.54) is 11.8 Å². The molecule has 0 radical (unpaired) electrons. The van der Waals surface area contributed by atoms with Crippen LogP contribution in [0.3, 0.4) is 0 Å². The third kappa shape index (κ3) is 4.86. The van der Waals surface area contributed by atoms with Gasteiger partial charge in [0.2, 0.25) is 5.91 Å². The van der Waals surface area contributed by atoms with Crippen molar-refractivity contribution in [1.82, 2.24) is 10.3 Å². The third-order valence-corrected chi connectivity index (χ3v) is 6.11. The molecular weight excluding hydrogens is 414 g/mol. The van der Waals surface area contributed by atoms with Crippen LogP contribution >= 0.6 is 23.5 Å². The predicted octanol–water partition coefficient (Wildman–Crippen LogP) is 4.65. The third-order valence-electron chi connectivity index (χ3n) is 4.31. The highest BCUT2D eigenvalue weighted by Gasteiger charge is 2.30. The number of amidine groups is 1. The molecular formula is C20H16F2N4OS2. The van der Waals surface area contributed by atoms with Crippen LogP contribution in [0.4, 0.5) is 8.78 Å². The van der Waals surface area contributed by atoms with Crippen LogP contribution in [0.1, 0.15) is 11.1 Å². The predicted molar refractivity (Wildman–Crippen MR) is 115 cm³/mol. The first-order chi connectivity index (χ1) is 14.1. The van der Waals surface area contributed by atoms with Gasteiger partial charge in [0.25, 0.3) is 5.76 Å². The number of aromatic nitrogens is 1. The zero-order valence-electron chi connectivity index (χ0n) is 15.0. The molecule has 0 unspecified atom stereocenters. The van der Waals surface area contributed by atoms with Gasteiger partial charge in [-0.1, -0.05) is 53.9 Å². The average molecular weight is 431 g/mol. The number of rotatable bonds is 6. The van der Waals surface area contributed by atoms with Crippen molar-refractivity contribution in [3.8, 4) is 0 Å². The minimum absolute atomic E-state index is 0.137. The first-order valence-electron chi connectivity index (χ1n) is 8.77. The average Bonchev–Trinajstić information content (AvgIpc) is 3.27. The van der Waals surface area contributed by atoms with Crippen molar-refractivity contribution in [2.45, 2.75) is 22.3 Å². The minimum atomic E-state index is -2.44. The SMILES string of the molecule is O=C1N/C(=N\N=C\c2c[nH]c3ccccc23)S[C@@H]1Cc1ccc(SC(F)F)cc1. The molecule has 0 bridgehead atoms. The molecule has 1 aromatic heterocycles. The van der Waals surface area contributed by atoms with Gasteiger partial charge in [0.1, 0.15) is 0 Å². The summed E-state index contributed by atoms with van der Waals surface area (Å²) in [5.41, 5.74) is 2.83. The van der Waals surface area contributed by atoms with Crippen LogP contribution in [-0.4, -0.2) is 33.3 Å². The van der Waals surface area contributed by atoms with E-state index < -0.39 is 5.76 Å². The fourth-order valence-electron chi connectivity index (χ4n) is 2.95. The fourth-order valence-corrected chi connectivity index (χ4v) is 4.42. The highest BCUT2D eigenvalue weighted by Crippen LogP contribution is 2.27. The van der Waals surface area contributed by atoms with Crippen molar-refractivity contribution >= 4 is 51.7 Å². The Balaban J connectivity index is 1.38. The lowest BCUT2D eigenvalue weighted by molar-refractivity contribution is -0.118. The van der Waals surface area contributed by atoms with Crippen molar-refractivity contribution in [3.63, 3.8) is 0 Å². The Morgan fingerprint density at radius 2 is 1.97 bits per heavy atom. The molecule has 0 spiro atoms. The lowest BCUT2D eigenvalue weighted by Crippen LogP contribution is -2.25. The molecule has 2 aromatic carbocycles. The summed E-state index contributed by atoms with van der Waals surface area (Å²) in [6, 6.07) is 14.7. The summed E-state index contributed by atoms with van der Waals surface area (Å²) < 4.78 is 24.8. The van der Waals surface area contributed by atoms with E-state index in [1.54, 1.807) is 30.5 Å². The maximum atomic E-state index is 12.4. The van der Waals surface area contributed by atoms with Crippen LogP contribution in [-0.2, 0) is 11.2 Å². The number of fused-ring (bicyclic) bond motifs is 1. The first-order valence-corrected chi connectivity index (χ1v) is 10.5. The summed E-state index contributed by atoms with van der Waals surface area (Å²) in [6.07, 6.45) is 3.99. The fraction of sp³-hybridized carbons (Fsp3) is 0.150. The molecule has 1 aliphatic rings. The first kappa shape index (κ1) is 19.7. The van der Waals surface area contributed by atoms with E-state index in [4.69, 9.17) is 0 Å². The van der Waals surface area contributed by atoms with E-state index in [0.717, 1.165) is 22.0 Å². The number of para-hydroxylation sites is 1. The van der Waals surface area contributed by atoms with Gasteiger partial charge in [0.15, 0.2) is 5.17 Å². The summed E-state index contributed by atoms with van der Waals surface area (Å²) in [4.78, 5) is 15.9. The lowest BCUT2D eigenvalue weighted by atomic mass is 10.1. The summed E-state index contributed by atoms with van der Waals surface area (Å²) in [5.74, 6) is -2.58. The number of amides is 1. The van der Waals surface area contributed by atoms with Crippen molar-refractivity contribution < 1.29 is 13.6 Å². The van der Waals surface area contributed by atoms with E-state index in [2.05, 4.69) is 20.5 Å². The van der Waals surface area contributed by atoms with E-state index in [-0.39, 0.29) is 11.2 Å². The number of halogens is 2. The van der Waals surface area contributed by atoms with Crippen molar-refractivity contribution in [2.24, 2.45) is 10.2 Å². The van der Waals surface area contributed by atoms with Gasteiger partial charge in [-0.2, -0.15) is 13.9 Å². The Hall–Kier alpha value is -2.65. The van der Waals surface area contributed by atoms with Gasteiger partial charge in [-0.05, 0) is 30.2 Å². The van der Waals surface area contributed by atoms with Crippen molar-refractivity contribution in [3.05, 3.63) is 65.9 Å². The normalized spacial score (nSPS) is 18.4. The second kappa shape index (κ2) is 8.79. The quantitative estimate of drug-likeness (QED) is 0.340. The van der Waals surface area contributed by atoms with E-state index in [9.17, 15) is 13.6 Å². The molecule has 2 N–H and O–H groups in total. The molecule has 3 aromatic rings. The maximum Gasteiger partial charge on any atom is 0.288 e. The zero-order valence-corrected chi connectivity index (χ0v) is 16.6. The Labute approximate surface area is 174 Å². The Kier molecular flexibility index (Phi) is 5.96. The second-order valence-electron chi connectivity index (χ2n) is 6.26. The number of alkyl halides is 2. The number of carbonyl (C=O) groups excluding carboxylic acids is 1. The highest BCUT2D eigenvalue weighted by atomic mass is 32.2. The van der Waals surface area contributed by atoms with Gasteiger partial charge < -0.3 is 10.3 Å². The number of nitrogens with zero attached hydrogens (tertiary/aromatic N) is 2. The van der Waals surface area contributed by atoms with Gasteiger partial charge >= 0.3 is 0 Å². The number of hydrogen-bond acceptors (Lipinski definition) is 5. The molecule has 29 heavy (non-hydrogen) atoms. The molecule has 0 saturated carbocycles. The summed E-state index contributed by atoms with van der Waals surface area (Å²) in [7, 11) is 0. The number of benzene rings is 2. The van der Waals surface area contributed by atoms with E-state index >= 15 is 0 Å². The molecule has 1 saturated heterocycles. The standard InChI is InChI=1S/C20H16F2N4OS2/c21-19(22)28-14-7-5-12(6-8-14)9-17-18(27)25-20(29-17)26-24-11-13-10-23-16-4-2-1-3-15(13)16/h1-8,10-11,17,19,23H,9H2,(H,25,26,27)/b24-11+/t17-/m1/s1. The van der Waals surface area contributed by atoms with Gasteiger partial charge in [0, 0.05) is 27.6 Å². The van der Waals surface area contributed by atoms with E-state index in [0.29, 0.717) is 28.2 Å². The maximum absolute atomic E-state index is 12.4. The summed E-state index contributed by atoms with van der Waals surface area (Å²) in [5, 5.41) is 12.1. The van der Waals surface area contributed by atoms with Gasteiger partial charge in [-0.15, -0.1) is 5.10 Å². The highest BCUT2D eigenvalue weighted by molar-refractivity contribution is 8.15. The van der Waals surface area contributed by atoms with Crippen LogP contribution in [0.25, 0.3) is 10.9 Å². The monoisotopic (exact) mass is 430 g/mol. The number of H-pyrrole nitrogens is 1. The molecule has 1 amide bonds. The van der Waals surface area contributed by atoms with Gasteiger partial charge in [0.05, 0.1) is 11.5 Å². The minimum Gasteiger partial charge on any atom is -0.361 e. The molecule has 0 aliphatic carbocycles. The molecule has 2 heterocycles. The lowest BCUT2D eigenvalue weighted by Gasteiger charge is -2.06.